The molecule has 3 heteroatoms. The van der Waals surface area contributed by atoms with Crippen LogP contribution in [0.15, 0.2) is 115 Å². The molecule has 134 valence electrons. The summed E-state index contributed by atoms with van der Waals surface area (Å²) in [6.07, 6.45) is 0. The fourth-order valence-corrected chi connectivity index (χ4v) is 8.55. The Kier molecular flexibility index (Phi) is 4.37. The van der Waals surface area contributed by atoms with Gasteiger partial charge < -0.3 is 0 Å². The van der Waals surface area contributed by atoms with Gasteiger partial charge in [-0.15, -0.1) is 0 Å². The number of rotatable bonds is 4. The molecule has 0 aliphatic heterocycles. The molecule has 0 nitrogen and oxygen atoms in total. The summed E-state index contributed by atoms with van der Waals surface area (Å²) in [5.41, 5.74) is 0. The van der Waals surface area contributed by atoms with Crippen LogP contribution in [-0.2, 0) is 0 Å². The van der Waals surface area contributed by atoms with Gasteiger partial charge in [0.1, 0.15) is 0 Å². The SMILES string of the molecule is Fc1ccccc1P(F)(c1ccccc1)(c1ccccc1)c1ccccc1. The van der Waals surface area contributed by atoms with Gasteiger partial charge in [0, 0.05) is 0 Å². The summed E-state index contributed by atoms with van der Waals surface area (Å²) in [6.45, 7) is -4.74. The van der Waals surface area contributed by atoms with E-state index in [0.717, 1.165) is 0 Å². The van der Waals surface area contributed by atoms with Gasteiger partial charge in [0.15, 0.2) is 0 Å². The Labute approximate surface area is 158 Å². The van der Waals surface area contributed by atoms with Crippen LogP contribution in [0.25, 0.3) is 0 Å². The van der Waals surface area contributed by atoms with Crippen molar-refractivity contribution < 1.29 is 8.59 Å². The summed E-state index contributed by atoms with van der Waals surface area (Å²) in [7, 11) is 0. The minimum absolute atomic E-state index is 0.104. The second kappa shape index (κ2) is 6.72. The fraction of sp³-hybridized carbons (Fsp3) is 0. The van der Waals surface area contributed by atoms with Gasteiger partial charge in [-0.05, 0) is 0 Å². The second-order valence-corrected chi connectivity index (χ2v) is 10.5. The van der Waals surface area contributed by atoms with Crippen molar-refractivity contribution in [1.29, 1.82) is 0 Å². The monoisotopic (exact) mass is 376 g/mol. The van der Waals surface area contributed by atoms with Crippen molar-refractivity contribution in [2.75, 3.05) is 0 Å². The first-order valence-corrected chi connectivity index (χ1v) is 10.9. The van der Waals surface area contributed by atoms with Crippen molar-refractivity contribution in [3.05, 3.63) is 121 Å². The van der Waals surface area contributed by atoms with Crippen LogP contribution in [0.3, 0.4) is 0 Å². The Balaban J connectivity index is 2.26. The first-order chi connectivity index (χ1) is 13.2. The normalized spacial score (nSPS) is 12.9. The molecule has 0 aliphatic carbocycles. The molecule has 0 saturated carbocycles. The molecule has 4 aromatic rings. The minimum atomic E-state index is -4.74. The van der Waals surface area contributed by atoms with E-state index in [1.54, 1.807) is 54.6 Å². The average molecular weight is 376 g/mol. The van der Waals surface area contributed by atoms with Gasteiger partial charge in [0.25, 0.3) is 0 Å². The Morgan fingerprint density at radius 3 is 1.15 bits per heavy atom. The Bertz CT molecular complexity index is 948. The molecule has 0 heterocycles. The standard InChI is InChI=1S/C24H19F2P/c25-23-18-10-11-19-24(23)27(26,20-12-4-1-5-13-20,21-14-6-2-7-15-21)22-16-8-3-9-17-22/h1-19H. The van der Waals surface area contributed by atoms with E-state index in [0.29, 0.717) is 15.9 Å². The molecule has 4 rings (SSSR count). The maximum absolute atomic E-state index is 18.3. The molecule has 0 aromatic heterocycles. The van der Waals surface area contributed by atoms with Crippen LogP contribution in [0.1, 0.15) is 0 Å². The van der Waals surface area contributed by atoms with Gasteiger partial charge >= 0.3 is 158 Å². The third-order valence-corrected chi connectivity index (χ3v) is 10.1. The summed E-state index contributed by atoms with van der Waals surface area (Å²) in [5, 5.41) is 1.58. The van der Waals surface area contributed by atoms with Gasteiger partial charge in [0.05, 0.1) is 0 Å². The second-order valence-electron chi connectivity index (χ2n) is 6.47. The van der Waals surface area contributed by atoms with Gasteiger partial charge in [-0.2, -0.15) is 0 Å². The third-order valence-electron chi connectivity index (χ3n) is 5.03. The van der Waals surface area contributed by atoms with Crippen LogP contribution >= 0.6 is 6.91 Å². The van der Waals surface area contributed by atoms with Gasteiger partial charge in [-0.1, -0.05) is 0 Å². The summed E-state index contributed by atoms with van der Waals surface area (Å²) >= 11 is 0. The van der Waals surface area contributed by atoms with E-state index >= 15 is 8.59 Å². The molecule has 0 fully saturated rings. The number of hydrogen-bond donors (Lipinski definition) is 0. The van der Waals surface area contributed by atoms with Gasteiger partial charge in [-0.25, -0.2) is 0 Å². The molecule has 0 N–H and O–H groups in total. The van der Waals surface area contributed by atoms with Crippen molar-refractivity contribution in [3.63, 3.8) is 0 Å². The Hall–Kier alpha value is -2.83. The van der Waals surface area contributed by atoms with E-state index in [1.807, 2.05) is 54.6 Å². The predicted molar refractivity (Wildman–Crippen MR) is 112 cm³/mol. The Morgan fingerprint density at radius 1 is 0.444 bits per heavy atom. The van der Waals surface area contributed by atoms with Crippen molar-refractivity contribution in [2.24, 2.45) is 0 Å². The fourth-order valence-electron chi connectivity index (χ4n) is 3.78. The van der Waals surface area contributed by atoms with Crippen molar-refractivity contribution >= 4 is 28.1 Å². The third kappa shape index (κ3) is 2.52. The molecular weight excluding hydrogens is 357 g/mol. The van der Waals surface area contributed by atoms with E-state index in [2.05, 4.69) is 0 Å². The van der Waals surface area contributed by atoms with Gasteiger partial charge in [0.2, 0.25) is 0 Å². The van der Waals surface area contributed by atoms with E-state index in [-0.39, 0.29) is 5.30 Å². The first kappa shape index (κ1) is 17.6. The summed E-state index contributed by atoms with van der Waals surface area (Å²) < 4.78 is 33.4. The average Bonchev–Trinajstić information content (AvgIpc) is 2.75. The van der Waals surface area contributed by atoms with Crippen LogP contribution in [0.5, 0.6) is 0 Å². The van der Waals surface area contributed by atoms with Crippen LogP contribution in [0, 0.1) is 5.82 Å². The van der Waals surface area contributed by atoms with Crippen molar-refractivity contribution in [2.45, 2.75) is 0 Å². The molecule has 0 saturated heterocycles. The quantitative estimate of drug-likeness (QED) is 0.446. The van der Waals surface area contributed by atoms with Crippen LogP contribution in [0.4, 0.5) is 8.59 Å². The van der Waals surface area contributed by atoms with E-state index < -0.39 is 12.7 Å². The zero-order valence-corrected chi connectivity index (χ0v) is 15.6. The molecule has 27 heavy (non-hydrogen) atoms. The molecule has 0 atom stereocenters. The zero-order chi connectivity index (χ0) is 18.8. The summed E-state index contributed by atoms with van der Waals surface area (Å²) in [4.78, 5) is 0. The summed E-state index contributed by atoms with van der Waals surface area (Å²) in [5.74, 6) is -0.533. The van der Waals surface area contributed by atoms with Crippen molar-refractivity contribution in [3.8, 4) is 0 Å². The van der Waals surface area contributed by atoms with Gasteiger partial charge in [-0.3, -0.25) is 0 Å². The predicted octanol–water partition coefficient (Wildman–Crippen LogP) is 4.87. The molecule has 0 bridgehead atoms. The molecule has 0 radical (unpaired) electrons. The zero-order valence-electron chi connectivity index (χ0n) is 14.7. The van der Waals surface area contributed by atoms with Crippen LogP contribution in [0.2, 0.25) is 0 Å². The van der Waals surface area contributed by atoms with Crippen LogP contribution in [-0.4, -0.2) is 0 Å². The topological polar surface area (TPSA) is 0 Å². The molecule has 0 aliphatic rings. The van der Waals surface area contributed by atoms with E-state index in [9.17, 15) is 0 Å². The molecule has 4 aromatic carbocycles. The number of halogens is 2. The molecule has 0 amide bonds. The molecule has 0 spiro atoms. The Morgan fingerprint density at radius 2 is 0.778 bits per heavy atom. The number of benzene rings is 4. The van der Waals surface area contributed by atoms with E-state index in [1.165, 1.54) is 6.07 Å². The molecule has 0 unspecified atom stereocenters. The van der Waals surface area contributed by atoms with Crippen LogP contribution < -0.4 is 21.2 Å². The first-order valence-electron chi connectivity index (χ1n) is 8.81. The summed E-state index contributed by atoms with van der Waals surface area (Å²) in [6, 6.07) is 33.2. The van der Waals surface area contributed by atoms with Crippen molar-refractivity contribution in [1.82, 2.24) is 0 Å². The maximum atomic E-state index is 18.3. The molecular formula is C24H19F2P. The van der Waals surface area contributed by atoms with E-state index in [4.69, 9.17) is 0 Å². The number of hydrogen-bond acceptors (Lipinski definition) is 0.